The molecule has 19 heavy (non-hydrogen) atoms. The molecule has 1 aromatic heterocycles. The molecular formula is C16H21ClN2. The number of fused-ring (bicyclic) bond motifs is 1. The summed E-state index contributed by atoms with van der Waals surface area (Å²) in [6.07, 6.45) is 3.86. The van der Waals surface area contributed by atoms with Crippen LogP contribution >= 0.6 is 11.6 Å². The van der Waals surface area contributed by atoms with Crippen LogP contribution in [0.4, 0.5) is 0 Å². The molecule has 0 amide bonds. The number of alkyl halides is 1. The normalized spacial score (nSPS) is 27.8. The van der Waals surface area contributed by atoms with Gasteiger partial charge in [0.1, 0.15) is 5.82 Å². The van der Waals surface area contributed by atoms with Crippen LogP contribution in [0.5, 0.6) is 0 Å². The van der Waals surface area contributed by atoms with Crippen LogP contribution in [-0.4, -0.2) is 9.55 Å². The second-order valence-corrected chi connectivity index (χ2v) is 6.25. The molecule has 1 saturated carbocycles. The first-order valence-electron chi connectivity index (χ1n) is 7.22. The average Bonchev–Trinajstić information content (AvgIpc) is 2.77. The molecule has 102 valence electrons. The predicted molar refractivity (Wildman–Crippen MR) is 80.5 cm³/mol. The molecule has 3 rings (SSSR count). The molecule has 3 heteroatoms. The molecule has 1 aliphatic carbocycles. The molecule has 0 N–H and O–H groups in total. The quantitative estimate of drug-likeness (QED) is 0.722. The Labute approximate surface area is 119 Å². The van der Waals surface area contributed by atoms with E-state index in [0.717, 1.165) is 17.3 Å². The van der Waals surface area contributed by atoms with Crippen LogP contribution in [0, 0.1) is 11.8 Å². The van der Waals surface area contributed by atoms with E-state index < -0.39 is 0 Å². The van der Waals surface area contributed by atoms with Crippen molar-refractivity contribution in [2.45, 2.75) is 45.0 Å². The number of nitrogens with zero attached hydrogens (tertiary/aromatic N) is 2. The van der Waals surface area contributed by atoms with Gasteiger partial charge in [0.05, 0.1) is 16.9 Å². The van der Waals surface area contributed by atoms with Crippen LogP contribution in [0.3, 0.4) is 0 Å². The van der Waals surface area contributed by atoms with Crippen molar-refractivity contribution in [3.05, 3.63) is 30.1 Å². The second kappa shape index (κ2) is 5.16. The van der Waals surface area contributed by atoms with Crippen LogP contribution in [0.25, 0.3) is 11.0 Å². The number of imidazole rings is 1. The lowest BCUT2D eigenvalue weighted by molar-refractivity contribution is 0.209. The van der Waals surface area contributed by atoms with E-state index in [2.05, 4.69) is 36.6 Å². The molecule has 0 saturated heterocycles. The molecule has 1 aliphatic rings. The van der Waals surface area contributed by atoms with Crippen LogP contribution in [0.2, 0.25) is 0 Å². The predicted octanol–water partition coefficient (Wildman–Crippen LogP) is 4.77. The van der Waals surface area contributed by atoms with E-state index in [-0.39, 0.29) is 0 Å². The van der Waals surface area contributed by atoms with Crippen molar-refractivity contribution in [2.24, 2.45) is 11.8 Å². The third kappa shape index (κ3) is 2.27. The lowest BCUT2D eigenvalue weighted by Crippen LogP contribution is -2.25. The van der Waals surface area contributed by atoms with Gasteiger partial charge in [0.15, 0.2) is 0 Å². The highest BCUT2D eigenvalue weighted by Crippen LogP contribution is 2.39. The molecule has 0 bridgehead atoms. The van der Waals surface area contributed by atoms with Crippen LogP contribution in [0.15, 0.2) is 24.3 Å². The van der Waals surface area contributed by atoms with Gasteiger partial charge in [-0.05, 0) is 43.2 Å². The van der Waals surface area contributed by atoms with Crippen molar-refractivity contribution in [3.8, 4) is 0 Å². The van der Waals surface area contributed by atoms with Gasteiger partial charge in [0.2, 0.25) is 0 Å². The Morgan fingerprint density at radius 3 is 2.79 bits per heavy atom. The molecular weight excluding hydrogens is 256 g/mol. The molecule has 1 heterocycles. The highest BCUT2D eigenvalue weighted by Gasteiger charge is 2.29. The van der Waals surface area contributed by atoms with Crippen molar-refractivity contribution < 1.29 is 0 Å². The molecule has 0 radical (unpaired) electrons. The molecule has 0 aliphatic heterocycles. The number of hydrogen-bond acceptors (Lipinski definition) is 1. The summed E-state index contributed by atoms with van der Waals surface area (Å²) in [5.41, 5.74) is 2.31. The third-order valence-corrected chi connectivity index (χ3v) is 4.75. The maximum absolute atomic E-state index is 6.12. The number of benzene rings is 1. The van der Waals surface area contributed by atoms with Gasteiger partial charge >= 0.3 is 0 Å². The SMILES string of the molecule is CC1CCC(n2c(CCl)nc3ccccc32)C(C)C1. The zero-order valence-corrected chi connectivity index (χ0v) is 12.4. The van der Waals surface area contributed by atoms with Gasteiger partial charge in [-0.1, -0.05) is 26.0 Å². The fourth-order valence-electron chi connectivity index (χ4n) is 3.59. The van der Waals surface area contributed by atoms with E-state index in [4.69, 9.17) is 16.6 Å². The van der Waals surface area contributed by atoms with E-state index in [9.17, 15) is 0 Å². The minimum absolute atomic E-state index is 0.494. The summed E-state index contributed by atoms with van der Waals surface area (Å²) in [6, 6.07) is 8.94. The maximum atomic E-state index is 6.12. The third-order valence-electron chi connectivity index (χ3n) is 4.51. The van der Waals surface area contributed by atoms with E-state index >= 15 is 0 Å². The topological polar surface area (TPSA) is 17.8 Å². The largest absolute Gasteiger partial charge is 0.324 e. The molecule has 2 nitrogen and oxygen atoms in total. The maximum Gasteiger partial charge on any atom is 0.125 e. The average molecular weight is 277 g/mol. The molecule has 2 aromatic rings. The number of para-hydroxylation sites is 2. The number of rotatable bonds is 2. The first-order chi connectivity index (χ1) is 9.20. The monoisotopic (exact) mass is 276 g/mol. The highest BCUT2D eigenvalue weighted by molar-refractivity contribution is 6.16. The number of aromatic nitrogens is 2. The number of halogens is 1. The summed E-state index contributed by atoms with van der Waals surface area (Å²) < 4.78 is 2.40. The van der Waals surface area contributed by atoms with E-state index in [1.54, 1.807) is 0 Å². The van der Waals surface area contributed by atoms with Crippen LogP contribution in [0.1, 0.15) is 45.0 Å². The van der Waals surface area contributed by atoms with Gasteiger partial charge in [0, 0.05) is 6.04 Å². The minimum atomic E-state index is 0.494. The van der Waals surface area contributed by atoms with Crippen LogP contribution in [-0.2, 0) is 5.88 Å². The minimum Gasteiger partial charge on any atom is -0.324 e. The van der Waals surface area contributed by atoms with Gasteiger partial charge in [-0.15, -0.1) is 11.6 Å². The Kier molecular flexibility index (Phi) is 3.53. The molecule has 0 spiro atoms. The summed E-state index contributed by atoms with van der Waals surface area (Å²) in [7, 11) is 0. The molecule has 1 aromatic carbocycles. The smallest absolute Gasteiger partial charge is 0.125 e. The number of hydrogen-bond donors (Lipinski definition) is 0. The summed E-state index contributed by atoms with van der Waals surface area (Å²) in [5, 5.41) is 0. The van der Waals surface area contributed by atoms with Crippen molar-refractivity contribution in [1.82, 2.24) is 9.55 Å². The zero-order valence-electron chi connectivity index (χ0n) is 11.6. The Morgan fingerprint density at radius 2 is 2.05 bits per heavy atom. The fourth-order valence-corrected chi connectivity index (χ4v) is 3.78. The first-order valence-corrected chi connectivity index (χ1v) is 7.76. The highest BCUT2D eigenvalue weighted by atomic mass is 35.5. The van der Waals surface area contributed by atoms with Gasteiger partial charge < -0.3 is 4.57 Å². The zero-order chi connectivity index (χ0) is 13.4. The summed E-state index contributed by atoms with van der Waals surface area (Å²) in [6.45, 7) is 4.73. The summed E-state index contributed by atoms with van der Waals surface area (Å²) in [5.74, 6) is 3.06. The Bertz CT molecular complexity index is 575. The van der Waals surface area contributed by atoms with Gasteiger partial charge in [0.25, 0.3) is 0 Å². The van der Waals surface area contributed by atoms with Gasteiger partial charge in [-0.25, -0.2) is 4.98 Å². The van der Waals surface area contributed by atoms with Crippen molar-refractivity contribution in [3.63, 3.8) is 0 Å². The van der Waals surface area contributed by atoms with Crippen molar-refractivity contribution in [2.75, 3.05) is 0 Å². The van der Waals surface area contributed by atoms with E-state index in [1.165, 1.54) is 24.8 Å². The summed E-state index contributed by atoms with van der Waals surface area (Å²) >= 11 is 6.12. The lowest BCUT2D eigenvalue weighted by Gasteiger charge is -2.34. The van der Waals surface area contributed by atoms with Crippen molar-refractivity contribution in [1.29, 1.82) is 0 Å². The standard InChI is InChI=1S/C16H21ClN2/c1-11-7-8-14(12(2)9-11)19-15-6-4-3-5-13(15)18-16(19)10-17/h3-6,11-12,14H,7-10H2,1-2H3. The van der Waals surface area contributed by atoms with Gasteiger partial charge in [-0.2, -0.15) is 0 Å². The Morgan fingerprint density at radius 1 is 1.26 bits per heavy atom. The second-order valence-electron chi connectivity index (χ2n) is 5.98. The van der Waals surface area contributed by atoms with Crippen molar-refractivity contribution >= 4 is 22.6 Å². The Balaban J connectivity index is 2.08. The molecule has 1 fully saturated rings. The summed E-state index contributed by atoms with van der Waals surface area (Å²) in [4.78, 5) is 4.69. The fraction of sp³-hybridized carbons (Fsp3) is 0.562. The van der Waals surface area contributed by atoms with E-state index in [1.807, 2.05) is 6.07 Å². The van der Waals surface area contributed by atoms with Gasteiger partial charge in [-0.3, -0.25) is 0 Å². The molecule has 3 atom stereocenters. The molecule has 3 unspecified atom stereocenters. The van der Waals surface area contributed by atoms with E-state index in [0.29, 0.717) is 17.8 Å². The van der Waals surface area contributed by atoms with Crippen LogP contribution < -0.4 is 0 Å². The first kappa shape index (κ1) is 13.0. The lowest BCUT2D eigenvalue weighted by atomic mass is 9.79. The Hall–Kier alpha value is -1.02.